The van der Waals surface area contributed by atoms with Gasteiger partial charge in [-0.2, -0.15) is 0 Å². The molecule has 5 N–H and O–H groups in total. The van der Waals surface area contributed by atoms with Crippen molar-refractivity contribution in [2.75, 3.05) is 13.1 Å². The summed E-state index contributed by atoms with van der Waals surface area (Å²) < 4.78 is 0. The zero-order chi connectivity index (χ0) is 14.5. The van der Waals surface area contributed by atoms with Crippen molar-refractivity contribution >= 4 is 17.8 Å². The summed E-state index contributed by atoms with van der Waals surface area (Å²) in [6, 6.07) is -1.25. The van der Waals surface area contributed by atoms with E-state index in [0.717, 1.165) is 13.0 Å². The summed E-state index contributed by atoms with van der Waals surface area (Å²) in [4.78, 5) is 34.1. The van der Waals surface area contributed by atoms with Crippen molar-refractivity contribution in [3.63, 3.8) is 0 Å². The third-order valence-corrected chi connectivity index (χ3v) is 3.46. The Hall–Kier alpha value is -1.63. The van der Waals surface area contributed by atoms with E-state index in [0.29, 0.717) is 19.4 Å². The Morgan fingerprint density at radius 2 is 2.16 bits per heavy atom. The number of hydrogen-bond donors (Lipinski definition) is 4. The molecule has 0 aromatic rings. The van der Waals surface area contributed by atoms with Gasteiger partial charge < -0.3 is 21.5 Å². The van der Waals surface area contributed by atoms with Crippen LogP contribution in [0.2, 0.25) is 0 Å². The number of aliphatic carboxylic acids is 1. The number of nitrogens with two attached hydrogens (primary N) is 1. The lowest BCUT2D eigenvalue weighted by Crippen LogP contribution is -2.50. The van der Waals surface area contributed by atoms with E-state index in [-0.39, 0.29) is 5.91 Å². The molecular weight excluding hydrogens is 250 g/mol. The molecule has 0 aromatic heterocycles. The van der Waals surface area contributed by atoms with E-state index in [1.807, 2.05) is 6.92 Å². The van der Waals surface area contributed by atoms with Gasteiger partial charge in [-0.15, -0.1) is 0 Å². The zero-order valence-electron chi connectivity index (χ0n) is 11.1. The summed E-state index contributed by atoms with van der Waals surface area (Å²) in [5.74, 6) is -2.31. The second-order valence-electron chi connectivity index (χ2n) is 4.99. The highest BCUT2D eigenvalue weighted by Gasteiger charge is 2.41. The van der Waals surface area contributed by atoms with Crippen molar-refractivity contribution in [2.45, 2.75) is 38.6 Å². The van der Waals surface area contributed by atoms with E-state index in [4.69, 9.17) is 10.8 Å². The summed E-state index contributed by atoms with van der Waals surface area (Å²) in [5.41, 5.74) is 4.42. The van der Waals surface area contributed by atoms with Crippen LogP contribution in [0.1, 0.15) is 32.6 Å². The molecule has 2 amide bonds. The largest absolute Gasteiger partial charge is 0.480 e. The predicted molar refractivity (Wildman–Crippen MR) is 68.2 cm³/mol. The van der Waals surface area contributed by atoms with Crippen LogP contribution < -0.4 is 16.4 Å². The lowest BCUT2D eigenvalue weighted by molar-refractivity contribution is -0.145. The molecular formula is C12H21N3O4. The second-order valence-corrected chi connectivity index (χ2v) is 4.99. The molecule has 0 spiro atoms. The fraction of sp³-hybridized carbons (Fsp3) is 0.750. The molecule has 0 radical (unpaired) electrons. The SMILES string of the molecule is CCCC1(C(=O)N[C@@H](CC(N)=O)C(=O)O)CCNC1. The lowest BCUT2D eigenvalue weighted by Gasteiger charge is -2.28. The van der Waals surface area contributed by atoms with Crippen molar-refractivity contribution in [3.8, 4) is 0 Å². The summed E-state index contributed by atoms with van der Waals surface area (Å²) >= 11 is 0. The molecule has 1 rings (SSSR count). The molecule has 1 aliphatic heterocycles. The number of carboxylic acid groups (broad SMARTS) is 1. The van der Waals surface area contributed by atoms with Crippen molar-refractivity contribution in [1.29, 1.82) is 0 Å². The number of carboxylic acids is 1. The predicted octanol–water partition coefficient (Wildman–Crippen LogP) is -0.789. The van der Waals surface area contributed by atoms with E-state index >= 15 is 0 Å². The van der Waals surface area contributed by atoms with Gasteiger partial charge in [0.05, 0.1) is 11.8 Å². The molecule has 1 aliphatic rings. The normalized spacial score (nSPS) is 23.8. The van der Waals surface area contributed by atoms with Crippen LogP contribution in [0, 0.1) is 5.41 Å². The molecule has 7 nitrogen and oxygen atoms in total. The molecule has 2 atom stereocenters. The third kappa shape index (κ3) is 3.92. The summed E-state index contributed by atoms with van der Waals surface area (Å²) in [6.07, 6.45) is 1.81. The quantitative estimate of drug-likeness (QED) is 0.483. The molecule has 108 valence electrons. The standard InChI is InChI=1S/C12H21N3O4/c1-2-3-12(4-5-14-7-12)11(19)15-8(10(17)18)6-9(13)16/h8,14H,2-7H2,1H3,(H2,13,16)(H,15,19)(H,17,18)/t8-,12?/m0/s1. The molecule has 0 aliphatic carbocycles. The van der Waals surface area contributed by atoms with Gasteiger partial charge in [0.2, 0.25) is 11.8 Å². The van der Waals surface area contributed by atoms with Crippen LogP contribution in [-0.2, 0) is 14.4 Å². The summed E-state index contributed by atoms with van der Waals surface area (Å²) in [5, 5.41) is 14.5. The van der Waals surface area contributed by atoms with Gasteiger partial charge in [-0.25, -0.2) is 4.79 Å². The van der Waals surface area contributed by atoms with Gasteiger partial charge in [-0.1, -0.05) is 13.3 Å². The Labute approximate surface area is 111 Å². The molecule has 19 heavy (non-hydrogen) atoms. The highest BCUT2D eigenvalue weighted by Crippen LogP contribution is 2.31. The molecule has 1 unspecified atom stereocenters. The minimum Gasteiger partial charge on any atom is -0.480 e. The second kappa shape index (κ2) is 6.51. The first-order chi connectivity index (χ1) is 8.91. The minimum absolute atomic E-state index is 0.312. The highest BCUT2D eigenvalue weighted by molar-refractivity contribution is 5.90. The first kappa shape index (κ1) is 15.4. The number of rotatable bonds is 7. The highest BCUT2D eigenvalue weighted by atomic mass is 16.4. The first-order valence-electron chi connectivity index (χ1n) is 6.44. The van der Waals surface area contributed by atoms with E-state index in [1.165, 1.54) is 0 Å². The number of amides is 2. The fourth-order valence-corrected chi connectivity index (χ4v) is 2.46. The number of carbonyl (C=O) groups excluding carboxylic acids is 2. The van der Waals surface area contributed by atoms with Crippen LogP contribution in [0.25, 0.3) is 0 Å². The van der Waals surface area contributed by atoms with Crippen molar-refractivity contribution < 1.29 is 19.5 Å². The molecule has 1 saturated heterocycles. The van der Waals surface area contributed by atoms with Gasteiger partial charge in [-0.05, 0) is 19.4 Å². The van der Waals surface area contributed by atoms with Crippen LogP contribution in [0.3, 0.4) is 0 Å². The zero-order valence-corrected chi connectivity index (χ0v) is 11.1. The van der Waals surface area contributed by atoms with Gasteiger partial charge in [0.1, 0.15) is 6.04 Å². The smallest absolute Gasteiger partial charge is 0.326 e. The summed E-state index contributed by atoms with van der Waals surface area (Å²) in [7, 11) is 0. The lowest BCUT2D eigenvalue weighted by atomic mass is 9.81. The van der Waals surface area contributed by atoms with Gasteiger partial charge >= 0.3 is 5.97 Å². The minimum atomic E-state index is -1.25. The maximum Gasteiger partial charge on any atom is 0.326 e. The maximum absolute atomic E-state index is 12.3. The fourth-order valence-electron chi connectivity index (χ4n) is 2.46. The monoisotopic (exact) mass is 271 g/mol. The average molecular weight is 271 g/mol. The van der Waals surface area contributed by atoms with Crippen molar-refractivity contribution in [1.82, 2.24) is 10.6 Å². The molecule has 0 saturated carbocycles. The van der Waals surface area contributed by atoms with E-state index < -0.39 is 29.8 Å². The molecule has 0 bridgehead atoms. The van der Waals surface area contributed by atoms with Gasteiger partial charge in [0.25, 0.3) is 0 Å². The van der Waals surface area contributed by atoms with Crippen molar-refractivity contribution in [3.05, 3.63) is 0 Å². The molecule has 1 fully saturated rings. The first-order valence-corrected chi connectivity index (χ1v) is 6.44. The van der Waals surface area contributed by atoms with Crippen LogP contribution in [-0.4, -0.2) is 42.0 Å². The van der Waals surface area contributed by atoms with E-state index in [2.05, 4.69) is 10.6 Å². The third-order valence-electron chi connectivity index (χ3n) is 3.46. The van der Waals surface area contributed by atoms with Gasteiger partial charge in [-0.3, -0.25) is 9.59 Å². The Balaban J connectivity index is 2.74. The topological polar surface area (TPSA) is 122 Å². The Morgan fingerprint density at radius 3 is 2.58 bits per heavy atom. The number of nitrogens with one attached hydrogen (secondary N) is 2. The molecule has 1 heterocycles. The summed E-state index contributed by atoms with van der Waals surface area (Å²) in [6.45, 7) is 3.25. The van der Waals surface area contributed by atoms with Crippen molar-refractivity contribution in [2.24, 2.45) is 11.1 Å². The molecule has 7 heteroatoms. The number of carbonyl (C=O) groups is 3. The maximum atomic E-state index is 12.3. The van der Waals surface area contributed by atoms with Gasteiger partial charge in [0, 0.05) is 6.54 Å². The Kier molecular flexibility index (Phi) is 5.29. The van der Waals surface area contributed by atoms with Crippen LogP contribution >= 0.6 is 0 Å². The molecule has 0 aromatic carbocycles. The van der Waals surface area contributed by atoms with Crippen LogP contribution in [0.15, 0.2) is 0 Å². The number of hydrogen-bond acceptors (Lipinski definition) is 4. The van der Waals surface area contributed by atoms with Crippen LogP contribution in [0.4, 0.5) is 0 Å². The number of primary amides is 1. The van der Waals surface area contributed by atoms with Crippen LogP contribution in [0.5, 0.6) is 0 Å². The Bertz CT molecular complexity index is 364. The van der Waals surface area contributed by atoms with E-state index in [1.54, 1.807) is 0 Å². The average Bonchev–Trinajstić information content (AvgIpc) is 2.77. The van der Waals surface area contributed by atoms with Gasteiger partial charge in [0.15, 0.2) is 0 Å². The van der Waals surface area contributed by atoms with E-state index in [9.17, 15) is 14.4 Å². The Morgan fingerprint density at radius 1 is 1.47 bits per heavy atom.